The Morgan fingerprint density at radius 2 is 0.562 bits per heavy atom. The number of H-pyrrole nitrogens is 2. The van der Waals surface area contributed by atoms with Crippen molar-refractivity contribution in [1.29, 1.82) is 0 Å². The van der Waals surface area contributed by atoms with E-state index in [9.17, 15) is 81.7 Å². The standard InChI is InChI=1S/C68H72N4O24/c73-25-45-53(77)57(81)61(85)65(93-45)89-33-9-1-29(2-10-33)49-37-17-19-39(69-37)50(30-3-11-34(12-4-30)90-66-62(86)58(82)54(78)46(26-74)94-66)41-21-23-43(71-41)52(32-7-15-36(16-8-32)92-68-64(88)60(84)56(80)48(28-76)96-68)44-24-22-42(72-44)51(40-20-18-38(49)70-40)31-5-13-35(14-6-31)91-67-63(87)59(83)55(79)47(27-75)95-67/h1-21,23,45-48,53-70,73-88H,22,24-28H2/t45-,46-,47+,48+,53+,54+,55-,56-,57+,58+,59-,60-,61-,62-,63+,64+,65-,66-,67+,68+/m0/s1. The number of nitrogens with zero attached hydrogens (tertiary/aromatic N) is 2. The number of aromatic amines is 2. The fourth-order valence-electron chi connectivity index (χ4n) is 12.7. The quantitative estimate of drug-likeness (QED) is 0.0588. The molecule has 9 heterocycles. The number of fused-ring (bicyclic) bond motifs is 8. The summed E-state index contributed by atoms with van der Waals surface area (Å²) >= 11 is 0. The van der Waals surface area contributed by atoms with Crippen LogP contribution in [-0.4, -0.2) is 251 Å². The van der Waals surface area contributed by atoms with Gasteiger partial charge in [-0.25, -0.2) is 4.98 Å². The Hall–Kier alpha value is -7.86. The van der Waals surface area contributed by atoms with Gasteiger partial charge in [-0.1, -0.05) is 48.5 Å². The number of hydrogen-bond donors (Lipinski definition) is 18. The monoisotopic (exact) mass is 1330 g/mol. The number of aromatic nitrogens is 4. The molecule has 0 amide bonds. The van der Waals surface area contributed by atoms with Crippen molar-refractivity contribution in [2.24, 2.45) is 0 Å². The van der Waals surface area contributed by atoms with Crippen LogP contribution in [0.5, 0.6) is 23.0 Å². The molecule has 6 aliphatic heterocycles. The first-order valence-corrected chi connectivity index (χ1v) is 31.1. The van der Waals surface area contributed by atoms with Crippen molar-refractivity contribution in [1.82, 2.24) is 19.9 Å². The Bertz CT molecular complexity index is 4070. The van der Waals surface area contributed by atoms with E-state index in [1.54, 1.807) is 97.1 Å². The summed E-state index contributed by atoms with van der Waals surface area (Å²) < 4.78 is 46.6. The summed E-state index contributed by atoms with van der Waals surface area (Å²) in [4.78, 5) is 18.1. The molecule has 20 atom stereocenters. The van der Waals surface area contributed by atoms with Crippen molar-refractivity contribution in [3.05, 3.63) is 144 Å². The van der Waals surface area contributed by atoms with Crippen LogP contribution < -0.4 is 18.9 Å². The maximum Gasteiger partial charge on any atom is 0.229 e. The van der Waals surface area contributed by atoms with Gasteiger partial charge in [0.1, 0.15) is 121 Å². The Kier molecular flexibility index (Phi) is 19.4. The molecule has 4 fully saturated rings. The zero-order valence-corrected chi connectivity index (χ0v) is 50.8. The van der Waals surface area contributed by atoms with E-state index in [1.165, 1.54) is 0 Å². The Labute approximate surface area is 545 Å². The number of ether oxygens (including phenoxy) is 8. The lowest BCUT2D eigenvalue weighted by Crippen LogP contribution is -2.60. The van der Waals surface area contributed by atoms with Gasteiger partial charge >= 0.3 is 0 Å². The first-order chi connectivity index (χ1) is 46.3. The largest absolute Gasteiger partial charge is 0.462 e. The van der Waals surface area contributed by atoms with Crippen LogP contribution in [0.2, 0.25) is 0 Å². The van der Waals surface area contributed by atoms with E-state index in [0.717, 1.165) is 0 Å². The molecule has 18 N–H and O–H groups in total. The van der Waals surface area contributed by atoms with Gasteiger partial charge in [-0.3, -0.25) is 4.98 Å². The van der Waals surface area contributed by atoms with Crippen molar-refractivity contribution in [2.45, 2.75) is 136 Å². The first-order valence-electron chi connectivity index (χ1n) is 31.1. The van der Waals surface area contributed by atoms with Crippen molar-refractivity contribution >= 4 is 34.2 Å². The Morgan fingerprint density at radius 1 is 0.302 bits per heavy atom. The number of aliphatic hydroxyl groups is 16. The highest BCUT2D eigenvalue weighted by molar-refractivity contribution is 5.98. The third-order valence-corrected chi connectivity index (χ3v) is 18.0. The van der Waals surface area contributed by atoms with Crippen LogP contribution in [0.1, 0.15) is 22.8 Å². The van der Waals surface area contributed by atoms with Gasteiger partial charge < -0.3 is 130 Å². The van der Waals surface area contributed by atoms with Gasteiger partial charge in [0.25, 0.3) is 0 Å². The molecule has 4 aromatic carbocycles. The van der Waals surface area contributed by atoms with Crippen LogP contribution in [0.4, 0.5) is 0 Å². The number of aliphatic hydroxyl groups excluding tert-OH is 16. The molecule has 13 rings (SSSR count). The molecule has 4 saturated heterocycles. The molecule has 96 heavy (non-hydrogen) atoms. The molecule has 6 aliphatic rings. The second-order valence-electron chi connectivity index (χ2n) is 24.2. The molecular formula is C68H72N4O24. The predicted octanol–water partition coefficient (Wildman–Crippen LogP) is -0.347. The number of aryl methyl sites for hydroxylation is 2. The van der Waals surface area contributed by atoms with Crippen LogP contribution in [-0.2, 0) is 31.8 Å². The highest BCUT2D eigenvalue weighted by atomic mass is 16.7. The number of rotatable bonds is 16. The van der Waals surface area contributed by atoms with E-state index in [-0.39, 0.29) is 23.0 Å². The van der Waals surface area contributed by atoms with E-state index >= 15 is 0 Å². The lowest BCUT2D eigenvalue weighted by atomic mass is 9.99. The average Bonchev–Trinajstić information content (AvgIpc) is 1.58. The van der Waals surface area contributed by atoms with E-state index < -0.39 is 149 Å². The molecule has 28 heteroatoms. The fourth-order valence-corrected chi connectivity index (χ4v) is 12.7. The lowest BCUT2D eigenvalue weighted by molar-refractivity contribution is -0.277. The number of hydrogen-bond acceptors (Lipinski definition) is 26. The number of nitrogens with one attached hydrogen (secondary N) is 2. The van der Waals surface area contributed by atoms with Crippen molar-refractivity contribution in [2.75, 3.05) is 26.4 Å². The van der Waals surface area contributed by atoms with Crippen molar-refractivity contribution < 1.29 is 120 Å². The zero-order valence-electron chi connectivity index (χ0n) is 50.8. The maximum atomic E-state index is 10.9. The normalized spacial score (nSPS) is 31.4. The zero-order chi connectivity index (χ0) is 67.4. The Morgan fingerprint density at radius 3 is 0.885 bits per heavy atom. The third-order valence-electron chi connectivity index (χ3n) is 18.0. The predicted molar refractivity (Wildman–Crippen MR) is 337 cm³/mol. The summed E-state index contributed by atoms with van der Waals surface area (Å²) in [7, 11) is 0. The van der Waals surface area contributed by atoms with Crippen LogP contribution in [0.25, 0.3) is 78.7 Å². The highest BCUT2D eigenvalue weighted by Crippen LogP contribution is 2.41. The van der Waals surface area contributed by atoms with E-state index in [1.807, 2.05) is 36.4 Å². The van der Waals surface area contributed by atoms with E-state index in [4.69, 9.17) is 47.9 Å². The van der Waals surface area contributed by atoms with Gasteiger partial charge in [0.05, 0.1) is 49.2 Å². The van der Waals surface area contributed by atoms with Gasteiger partial charge in [-0.05, 0) is 120 Å². The highest BCUT2D eigenvalue weighted by Gasteiger charge is 2.48. The number of benzene rings is 4. The van der Waals surface area contributed by atoms with Gasteiger partial charge in [0.2, 0.25) is 25.2 Å². The molecule has 0 unspecified atom stereocenters. The SMILES string of the molecule is OC[C@@H]1O[C@H](Oc2ccc(-c3c4nc(c(-c5ccc(O[C@@H]6O[C@H](CO)[C@H](O)[C@H](O)[C@H]6O)cc5)c5nc(c(-c6ccc(O[C@@H]7O[C@H](CO)[C@H](O)[C@H](O)[C@H]7O)cc6)c6ccc([nH]6)c(-c6ccc(O[C@H]7O[C@@H](CO)[C@@H](O)[C@@H](O)[C@@H]7O)cc6)c6ccc3[nH]6)CC5)C=C4)cc2)[C@@H](O)[C@H](O)[C@@H]1O. The minimum absolute atomic E-state index is 0.201. The smallest absolute Gasteiger partial charge is 0.229 e. The third kappa shape index (κ3) is 12.9. The summed E-state index contributed by atoms with van der Waals surface area (Å²) in [5.74, 6) is 0.824. The lowest BCUT2D eigenvalue weighted by Gasteiger charge is -2.39. The molecule has 7 aromatic rings. The van der Waals surface area contributed by atoms with Crippen LogP contribution in [0.15, 0.2) is 121 Å². The maximum absolute atomic E-state index is 10.9. The van der Waals surface area contributed by atoms with Crippen molar-refractivity contribution in [3.8, 4) is 67.5 Å². The van der Waals surface area contributed by atoms with Crippen LogP contribution in [0, 0.1) is 0 Å². The first kappa shape index (κ1) is 66.7. The van der Waals surface area contributed by atoms with Crippen molar-refractivity contribution in [3.63, 3.8) is 0 Å². The summed E-state index contributed by atoms with van der Waals surface area (Å²) in [6.45, 7) is -2.63. The molecule has 0 spiro atoms. The summed E-state index contributed by atoms with van der Waals surface area (Å²) in [6.07, 6.45) is -26.1. The second kappa shape index (κ2) is 27.9. The molecule has 508 valence electrons. The minimum atomic E-state index is -1.68. The summed E-state index contributed by atoms with van der Waals surface area (Å²) in [6, 6.07) is 34.7. The van der Waals surface area contributed by atoms with Gasteiger partial charge in [-0.2, -0.15) is 0 Å². The Balaban J connectivity index is 0.979. The molecule has 8 bridgehead atoms. The van der Waals surface area contributed by atoms with Gasteiger partial charge in [-0.15, -0.1) is 0 Å². The molecule has 0 radical (unpaired) electrons. The topological polar surface area (TPSA) is 455 Å². The van der Waals surface area contributed by atoms with Crippen LogP contribution in [0.3, 0.4) is 0 Å². The molecular weight excluding hydrogens is 1260 g/mol. The minimum Gasteiger partial charge on any atom is -0.462 e. The molecule has 3 aromatic heterocycles. The van der Waals surface area contributed by atoms with Gasteiger partial charge in [0.15, 0.2) is 0 Å². The molecule has 0 saturated carbocycles. The fraction of sp³-hybridized carbons (Fsp3) is 0.382. The van der Waals surface area contributed by atoms with Crippen LogP contribution >= 0.6 is 0 Å². The molecule has 0 aliphatic carbocycles. The second-order valence-corrected chi connectivity index (χ2v) is 24.2. The van der Waals surface area contributed by atoms with E-state index in [0.29, 0.717) is 102 Å². The van der Waals surface area contributed by atoms with Gasteiger partial charge in [0, 0.05) is 44.3 Å². The summed E-state index contributed by atoms with van der Waals surface area (Å²) in [5, 5.41) is 167. The summed E-state index contributed by atoms with van der Waals surface area (Å²) in [5.41, 5.74) is 9.60. The van der Waals surface area contributed by atoms with E-state index in [2.05, 4.69) is 9.97 Å². The molecule has 28 nitrogen and oxygen atoms in total. The average molecular weight is 1330 g/mol.